The highest BCUT2D eigenvalue weighted by atomic mass is 32.2. The Hall–Kier alpha value is -0.230. The van der Waals surface area contributed by atoms with Crippen LogP contribution in [0.15, 0.2) is 4.99 Å². The fraction of sp³-hybridized carbons (Fsp3) is 0.875. The molecule has 14 heavy (non-hydrogen) atoms. The molecule has 4 nitrogen and oxygen atoms in total. The van der Waals surface area contributed by atoms with Crippen molar-refractivity contribution in [3.63, 3.8) is 0 Å². The van der Waals surface area contributed by atoms with Crippen LogP contribution in [0.1, 0.15) is 13.8 Å². The van der Waals surface area contributed by atoms with E-state index >= 15 is 0 Å². The zero-order chi connectivity index (χ0) is 10.6. The molecule has 1 aliphatic rings. The summed E-state index contributed by atoms with van der Waals surface area (Å²) in [5, 5.41) is 4.05. The number of nitrogens with zero attached hydrogens (tertiary/aromatic N) is 1. The van der Waals surface area contributed by atoms with Gasteiger partial charge < -0.3 is 5.32 Å². The van der Waals surface area contributed by atoms with E-state index < -0.39 is 9.84 Å². The Labute approximate surface area is 89.5 Å². The smallest absolute Gasteiger partial charge is 0.156 e. The molecular formula is C8H16N2O2S2. The number of rotatable bonds is 4. The van der Waals surface area contributed by atoms with Crippen LogP contribution in [0.5, 0.6) is 0 Å². The number of hydrogen-bond acceptors (Lipinski definition) is 4. The monoisotopic (exact) mass is 236 g/mol. The number of sulfone groups is 1. The van der Waals surface area contributed by atoms with Crippen molar-refractivity contribution in [1.29, 1.82) is 0 Å². The second-order valence-electron chi connectivity index (χ2n) is 3.28. The molecule has 1 aliphatic heterocycles. The molecule has 1 rings (SSSR count). The van der Waals surface area contributed by atoms with Crippen molar-refractivity contribution in [3.8, 4) is 0 Å². The van der Waals surface area contributed by atoms with Crippen LogP contribution in [0.25, 0.3) is 0 Å². The Morgan fingerprint density at radius 1 is 1.64 bits per heavy atom. The third-order valence-corrected chi connectivity index (χ3v) is 4.81. The van der Waals surface area contributed by atoms with Gasteiger partial charge in [-0.25, -0.2) is 8.42 Å². The molecule has 1 saturated heterocycles. The molecule has 0 amide bonds. The molecule has 82 valence electrons. The largest absolute Gasteiger partial charge is 0.362 e. The first-order valence-corrected chi connectivity index (χ1v) is 7.48. The highest BCUT2D eigenvalue weighted by Crippen LogP contribution is 2.12. The van der Waals surface area contributed by atoms with Crippen molar-refractivity contribution in [2.24, 2.45) is 4.99 Å². The summed E-state index contributed by atoms with van der Waals surface area (Å²) in [5.74, 6) is 1.37. The molecule has 1 atom stereocenters. The van der Waals surface area contributed by atoms with Crippen LogP contribution in [-0.2, 0) is 9.84 Å². The summed E-state index contributed by atoms with van der Waals surface area (Å²) in [6.07, 6.45) is 0. The Morgan fingerprint density at radius 2 is 2.36 bits per heavy atom. The lowest BCUT2D eigenvalue weighted by Crippen LogP contribution is -2.23. The van der Waals surface area contributed by atoms with E-state index in [2.05, 4.69) is 17.2 Å². The number of amidine groups is 1. The summed E-state index contributed by atoms with van der Waals surface area (Å²) in [6, 6.07) is 0.446. The van der Waals surface area contributed by atoms with E-state index in [1.54, 1.807) is 18.7 Å². The van der Waals surface area contributed by atoms with Gasteiger partial charge in [-0.3, -0.25) is 4.99 Å². The van der Waals surface area contributed by atoms with Crippen LogP contribution < -0.4 is 5.32 Å². The standard InChI is InChI=1S/C8H16N2O2S2/c1-3-14(11,12)5-4-9-8-10-7(2)6-13-8/h7H,3-6H2,1-2H3,(H,9,10). The van der Waals surface area contributed by atoms with Crippen molar-refractivity contribution in [3.05, 3.63) is 0 Å². The van der Waals surface area contributed by atoms with Gasteiger partial charge in [0, 0.05) is 17.5 Å². The summed E-state index contributed by atoms with van der Waals surface area (Å²) in [7, 11) is -2.87. The summed E-state index contributed by atoms with van der Waals surface area (Å²) in [5.41, 5.74) is 0. The highest BCUT2D eigenvalue weighted by Gasteiger charge is 2.15. The van der Waals surface area contributed by atoms with E-state index in [9.17, 15) is 8.42 Å². The molecule has 0 saturated carbocycles. The topological polar surface area (TPSA) is 58.5 Å². The van der Waals surface area contributed by atoms with Crippen molar-refractivity contribution in [1.82, 2.24) is 5.32 Å². The van der Waals surface area contributed by atoms with Crippen LogP contribution in [0, 0.1) is 0 Å². The van der Waals surface area contributed by atoms with Crippen molar-refractivity contribution >= 4 is 26.8 Å². The minimum atomic E-state index is -2.87. The van der Waals surface area contributed by atoms with Crippen LogP contribution in [0.4, 0.5) is 0 Å². The first-order chi connectivity index (χ1) is 6.53. The first-order valence-electron chi connectivity index (χ1n) is 4.67. The molecule has 1 heterocycles. The van der Waals surface area contributed by atoms with Crippen LogP contribution >= 0.6 is 11.8 Å². The number of nitrogens with one attached hydrogen (secondary N) is 1. The van der Waals surface area contributed by atoms with Crippen molar-refractivity contribution in [2.45, 2.75) is 19.9 Å². The molecule has 1 fully saturated rings. The Bertz CT molecular complexity index is 311. The van der Waals surface area contributed by atoms with E-state index in [1.807, 2.05) is 0 Å². The quantitative estimate of drug-likeness (QED) is 0.772. The molecule has 0 radical (unpaired) electrons. The Morgan fingerprint density at radius 3 is 2.86 bits per heavy atom. The van der Waals surface area contributed by atoms with Crippen LogP contribution in [0.3, 0.4) is 0 Å². The Kier molecular flexibility index (Phi) is 4.25. The minimum absolute atomic E-state index is 0.156. The zero-order valence-corrected chi connectivity index (χ0v) is 10.1. The number of thioether (sulfide) groups is 1. The van der Waals surface area contributed by atoms with Gasteiger partial charge >= 0.3 is 0 Å². The van der Waals surface area contributed by atoms with Gasteiger partial charge in [0.05, 0.1) is 12.3 Å². The predicted molar refractivity (Wildman–Crippen MR) is 61.7 cm³/mol. The van der Waals surface area contributed by atoms with Gasteiger partial charge in [0.15, 0.2) is 15.0 Å². The molecule has 0 aromatic rings. The third-order valence-electron chi connectivity index (χ3n) is 1.94. The van der Waals surface area contributed by atoms with Crippen LogP contribution in [-0.4, -0.2) is 43.4 Å². The van der Waals surface area contributed by atoms with E-state index in [4.69, 9.17) is 0 Å². The summed E-state index contributed by atoms with van der Waals surface area (Å²) >= 11 is 1.65. The number of aliphatic imine (C=N–C) groups is 1. The van der Waals surface area contributed by atoms with Gasteiger partial charge in [-0.05, 0) is 6.92 Å². The van der Waals surface area contributed by atoms with Crippen LogP contribution in [0.2, 0.25) is 0 Å². The highest BCUT2D eigenvalue weighted by molar-refractivity contribution is 8.14. The number of hydrogen-bond donors (Lipinski definition) is 1. The molecule has 0 bridgehead atoms. The van der Waals surface area contributed by atoms with E-state index in [-0.39, 0.29) is 11.5 Å². The molecule has 1 unspecified atom stereocenters. The van der Waals surface area contributed by atoms with Gasteiger partial charge in [-0.15, -0.1) is 0 Å². The van der Waals surface area contributed by atoms with Crippen molar-refractivity contribution < 1.29 is 8.42 Å². The lowest BCUT2D eigenvalue weighted by Gasteiger charge is -2.01. The fourth-order valence-electron chi connectivity index (χ4n) is 1.02. The fourth-order valence-corrected chi connectivity index (χ4v) is 2.64. The average molecular weight is 236 g/mol. The van der Waals surface area contributed by atoms with Gasteiger partial charge in [-0.1, -0.05) is 18.7 Å². The maximum absolute atomic E-state index is 11.1. The summed E-state index contributed by atoms with van der Waals surface area (Å²) in [4.78, 5) is 4.20. The maximum Gasteiger partial charge on any atom is 0.156 e. The molecule has 6 heteroatoms. The molecule has 0 aromatic carbocycles. The predicted octanol–water partition coefficient (Wildman–Crippen LogP) is 0.502. The summed E-state index contributed by atoms with van der Waals surface area (Å²) in [6.45, 7) is 4.11. The lowest BCUT2D eigenvalue weighted by atomic mass is 10.4. The van der Waals surface area contributed by atoms with Gasteiger partial charge in [-0.2, -0.15) is 0 Å². The Balaban J connectivity index is 2.34. The normalized spacial score (nSPS) is 25.3. The van der Waals surface area contributed by atoms with E-state index in [0.717, 1.165) is 10.9 Å². The molecule has 0 aliphatic carbocycles. The second kappa shape index (κ2) is 5.02. The molecule has 1 N–H and O–H groups in total. The minimum Gasteiger partial charge on any atom is -0.362 e. The van der Waals surface area contributed by atoms with Gasteiger partial charge in [0.25, 0.3) is 0 Å². The zero-order valence-electron chi connectivity index (χ0n) is 8.49. The average Bonchev–Trinajstić information content (AvgIpc) is 2.51. The van der Waals surface area contributed by atoms with Gasteiger partial charge in [0.1, 0.15) is 0 Å². The third kappa shape index (κ3) is 3.88. The van der Waals surface area contributed by atoms with Crippen molar-refractivity contribution in [2.75, 3.05) is 23.8 Å². The molecule has 0 spiro atoms. The van der Waals surface area contributed by atoms with E-state index in [1.165, 1.54) is 0 Å². The van der Waals surface area contributed by atoms with E-state index in [0.29, 0.717) is 12.6 Å². The molecule has 0 aromatic heterocycles. The lowest BCUT2D eigenvalue weighted by molar-refractivity contribution is 0.597. The maximum atomic E-state index is 11.1. The SMILES string of the molecule is CCS(=O)(=O)CCN=C1NC(C)CS1. The van der Waals surface area contributed by atoms with Gasteiger partial charge in [0.2, 0.25) is 0 Å². The first kappa shape index (κ1) is 11.8. The summed E-state index contributed by atoms with van der Waals surface area (Å²) < 4.78 is 22.3. The molecular weight excluding hydrogens is 220 g/mol. The second-order valence-corrected chi connectivity index (χ2v) is 6.76.